The van der Waals surface area contributed by atoms with E-state index in [1.54, 1.807) is 18.3 Å². The standard InChI is InChI=1S/C23H21N5O/c1-15(2)16-8-10-18(11-9-16)25-23(29)20-12-13-21(28-27-20)26-19-7-3-5-17-6-4-14-24-22(17)19/h3-15H,1-2H3,(H,25,29)(H,26,28). The van der Waals surface area contributed by atoms with E-state index in [4.69, 9.17) is 0 Å². The van der Waals surface area contributed by atoms with Crippen molar-refractivity contribution in [3.05, 3.63) is 84.2 Å². The number of hydrogen-bond donors (Lipinski definition) is 2. The lowest BCUT2D eigenvalue weighted by Crippen LogP contribution is -2.14. The highest BCUT2D eigenvalue weighted by molar-refractivity contribution is 6.02. The van der Waals surface area contributed by atoms with E-state index in [1.165, 1.54) is 5.56 Å². The zero-order valence-corrected chi connectivity index (χ0v) is 16.3. The van der Waals surface area contributed by atoms with Crippen molar-refractivity contribution in [1.82, 2.24) is 15.2 Å². The average Bonchev–Trinajstić information content (AvgIpc) is 2.75. The van der Waals surface area contributed by atoms with Crippen LogP contribution in [0.4, 0.5) is 17.2 Å². The van der Waals surface area contributed by atoms with E-state index < -0.39 is 0 Å². The molecule has 2 aromatic heterocycles. The number of carbonyl (C=O) groups excluding carboxylic acids is 1. The van der Waals surface area contributed by atoms with E-state index >= 15 is 0 Å². The van der Waals surface area contributed by atoms with E-state index in [0.29, 0.717) is 11.7 Å². The second-order valence-corrected chi connectivity index (χ2v) is 7.04. The van der Waals surface area contributed by atoms with Crippen LogP contribution >= 0.6 is 0 Å². The minimum absolute atomic E-state index is 0.250. The Hall–Kier alpha value is -3.80. The molecule has 6 heteroatoms. The molecule has 1 amide bonds. The van der Waals surface area contributed by atoms with Crippen molar-refractivity contribution in [2.24, 2.45) is 0 Å². The molecule has 2 aromatic carbocycles. The predicted molar refractivity (Wildman–Crippen MR) is 116 cm³/mol. The zero-order valence-electron chi connectivity index (χ0n) is 16.3. The molecule has 6 nitrogen and oxygen atoms in total. The van der Waals surface area contributed by atoms with E-state index in [1.807, 2.05) is 54.6 Å². The summed E-state index contributed by atoms with van der Waals surface area (Å²) < 4.78 is 0. The minimum Gasteiger partial charge on any atom is -0.337 e. The molecular weight excluding hydrogens is 362 g/mol. The molecule has 29 heavy (non-hydrogen) atoms. The summed E-state index contributed by atoms with van der Waals surface area (Å²) in [4.78, 5) is 16.8. The number of nitrogens with one attached hydrogen (secondary N) is 2. The number of anilines is 3. The lowest BCUT2D eigenvalue weighted by Gasteiger charge is -2.09. The van der Waals surface area contributed by atoms with Gasteiger partial charge < -0.3 is 10.6 Å². The lowest BCUT2D eigenvalue weighted by molar-refractivity contribution is 0.102. The van der Waals surface area contributed by atoms with Gasteiger partial charge >= 0.3 is 0 Å². The van der Waals surface area contributed by atoms with Crippen molar-refractivity contribution in [2.75, 3.05) is 10.6 Å². The number of amides is 1. The predicted octanol–water partition coefficient (Wildman–Crippen LogP) is 5.14. The van der Waals surface area contributed by atoms with Crippen LogP contribution in [-0.2, 0) is 0 Å². The number of rotatable bonds is 5. The van der Waals surface area contributed by atoms with Crippen molar-refractivity contribution in [1.29, 1.82) is 0 Å². The van der Waals surface area contributed by atoms with Gasteiger partial charge in [0.1, 0.15) is 0 Å². The topological polar surface area (TPSA) is 79.8 Å². The number of para-hydroxylation sites is 1. The van der Waals surface area contributed by atoms with E-state index in [0.717, 1.165) is 22.3 Å². The summed E-state index contributed by atoms with van der Waals surface area (Å²) in [5, 5.41) is 15.3. The van der Waals surface area contributed by atoms with Crippen LogP contribution in [0, 0.1) is 0 Å². The highest BCUT2D eigenvalue weighted by Crippen LogP contribution is 2.23. The third-order valence-electron chi connectivity index (χ3n) is 4.63. The van der Waals surface area contributed by atoms with Crippen molar-refractivity contribution in [2.45, 2.75) is 19.8 Å². The first-order valence-electron chi connectivity index (χ1n) is 9.46. The fourth-order valence-corrected chi connectivity index (χ4v) is 3.01. The Kier molecular flexibility index (Phi) is 5.16. The smallest absolute Gasteiger partial charge is 0.276 e. The molecule has 0 atom stereocenters. The maximum absolute atomic E-state index is 12.4. The van der Waals surface area contributed by atoms with E-state index in [9.17, 15) is 4.79 Å². The van der Waals surface area contributed by atoms with Gasteiger partial charge in [0.25, 0.3) is 5.91 Å². The molecule has 2 N–H and O–H groups in total. The van der Waals surface area contributed by atoms with Crippen molar-refractivity contribution < 1.29 is 4.79 Å². The van der Waals surface area contributed by atoms with Crippen molar-refractivity contribution in [3.63, 3.8) is 0 Å². The van der Waals surface area contributed by atoms with Gasteiger partial charge in [0.05, 0.1) is 11.2 Å². The molecule has 0 aliphatic heterocycles. The Labute approximate surface area is 169 Å². The summed E-state index contributed by atoms with van der Waals surface area (Å²) in [5.74, 6) is 0.691. The van der Waals surface area contributed by atoms with Crippen LogP contribution in [0.25, 0.3) is 10.9 Å². The lowest BCUT2D eigenvalue weighted by atomic mass is 10.0. The number of fused-ring (bicyclic) bond motifs is 1. The third-order valence-corrected chi connectivity index (χ3v) is 4.63. The Bertz CT molecular complexity index is 1130. The molecule has 0 saturated carbocycles. The molecule has 0 aliphatic rings. The highest BCUT2D eigenvalue weighted by atomic mass is 16.1. The molecule has 0 radical (unpaired) electrons. The number of pyridine rings is 1. The Balaban J connectivity index is 1.46. The second kappa shape index (κ2) is 8.06. The van der Waals surface area contributed by atoms with Gasteiger partial charge in [-0.15, -0.1) is 10.2 Å². The van der Waals surface area contributed by atoms with E-state index in [2.05, 4.69) is 39.7 Å². The van der Waals surface area contributed by atoms with Gasteiger partial charge in [-0.05, 0) is 47.9 Å². The van der Waals surface area contributed by atoms with Crippen LogP contribution < -0.4 is 10.6 Å². The monoisotopic (exact) mass is 383 g/mol. The second-order valence-electron chi connectivity index (χ2n) is 7.04. The van der Waals surface area contributed by atoms with Gasteiger partial charge in [0, 0.05) is 17.3 Å². The van der Waals surface area contributed by atoms with Gasteiger partial charge in [0.15, 0.2) is 11.5 Å². The molecule has 2 heterocycles. The van der Waals surface area contributed by atoms with Crippen LogP contribution in [0.15, 0.2) is 72.9 Å². The number of aromatic nitrogens is 3. The van der Waals surface area contributed by atoms with Gasteiger partial charge in [-0.25, -0.2) is 0 Å². The summed E-state index contributed by atoms with van der Waals surface area (Å²) in [6.45, 7) is 4.26. The molecule has 0 aliphatic carbocycles. The molecule has 0 bridgehead atoms. The van der Waals surface area contributed by atoms with Gasteiger partial charge in [-0.2, -0.15) is 0 Å². The Morgan fingerprint density at radius 1 is 0.897 bits per heavy atom. The molecule has 0 saturated heterocycles. The molecular formula is C23H21N5O. The first-order valence-corrected chi connectivity index (χ1v) is 9.46. The van der Waals surface area contributed by atoms with Gasteiger partial charge in [-0.3, -0.25) is 9.78 Å². The van der Waals surface area contributed by atoms with Gasteiger partial charge in [0.2, 0.25) is 0 Å². The number of carbonyl (C=O) groups is 1. The maximum Gasteiger partial charge on any atom is 0.276 e. The summed E-state index contributed by atoms with van der Waals surface area (Å²) >= 11 is 0. The van der Waals surface area contributed by atoms with Crippen molar-refractivity contribution in [3.8, 4) is 0 Å². The normalized spacial score (nSPS) is 10.9. The van der Waals surface area contributed by atoms with Crippen LogP contribution in [0.2, 0.25) is 0 Å². The summed E-state index contributed by atoms with van der Waals surface area (Å²) in [6, 6.07) is 21.0. The van der Waals surface area contributed by atoms with Crippen molar-refractivity contribution >= 4 is 34.0 Å². The van der Waals surface area contributed by atoms with Crippen LogP contribution in [0.3, 0.4) is 0 Å². The van der Waals surface area contributed by atoms with E-state index in [-0.39, 0.29) is 11.6 Å². The Morgan fingerprint density at radius 2 is 1.69 bits per heavy atom. The minimum atomic E-state index is -0.298. The molecule has 144 valence electrons. The van der Waals surface area contributed by atoms with Crippen LogP contribution in [0.5, 0.6) is 0 Å². The summed E-state index contributed by atoms with van der Waals surface area (Å²) in [5.41, 5.74) is 3.88. The largest absolute Gasteiger partial charge is 0.337 e. The summed E-state index contributed by atoms with van der Waals surface area (Å²) in [6.07, 6.45) is 1.75. The molecule has 0 unspecified atom stereocenters. The molecule has 4 aromatic rings. The Morgan fingerprint density at radius 3 is 2.41 bits per heavy atom. The molecule has 0 fully saturated rings. The molecule has 4 rings (SSSR count). The third kappa shape index (κ3) is 4.21. The number of benzene rings is 2. The molecule has 0 spiro atoms. The van der Waals surface area contributed by atoms with Gasteiger partial charge in [-0.1, -0.05) is 44.2 Å². The first-order chi connectivity index (χ1) is 14.1. The number of hydrogen-bond acceptors (Lipinski definition) is 5. The fourth-order valence-electron chi connectivity index (χ4n) is 3.01. The zero-order chi connectivity index (χ0) is 20.2. The fraction of sp³-hybridized carbons (Fsp3) is 0.130. The maximum atomic E-state index is 12.4. The first kappa shape index (κ1) is 18.6. The van der Waals surface area contributed by atoms with Crippen LogP contribution in [0.1, 0.15) is 35.8 Å². The number of nitrogens with zero attached hydrogens (tertiary/aromatic N) is 3. The van der Waals surface area contributed by atoms with Crippen LogP contribution in [-0.4, -0.2) is 21.1 Å². The quantitative estimate of drug-likeness (QED) is 0.498. The highest BCUT2D eigenvalue weighted by Gasteiger charge is 2.10. The average molecular weight is 383 g/mol. The SMILES string of the molecule is CC(C)c1ccc(NC(=O)c2ccc(Nc3cccc4cccnc34)nn2)cc1. The summed E-state index contributed by atoms with van der Waals surface area (Å²) in [7, 11) is 0.